The summed E-state index contributed by atoms with van der Waals surface area (Å²) in [6.07, 6.45) is -0.312. The van der Waals surface area contributed by atoms with E-state index in [9.17, 15) is 14.4 Å². The Morgan fingerprint density at radius 3 is 2.38 bits per heavy atom. The molecular weight excluding hydrogens is 406 g/mol. The van der Waals surface area contributed by atoms with Crippen molar-refractivity contribution in [3.63, 3.8) is 0 Å². The Kier molecular flexibility index (Phi) is 6.57. The van der Waals surface area contributed by atoms with Gasteiger partial charge in [0.1, 0.15) is 11.6 Å². The quantitative estimate of drug-likeness (QED) is 0.786. The first-order valence-electron chi connectivity index (χ1n) is 10.7. The molecule has 2 aromatic carbocycles. The van der Waals surface area contributed by atoms with E-state index in [1.165, 1.54) is 4.90 Å². The van der Waals surface area contributed by atoms with Gasteiger partial charge in [-0.15, -0.1) is 0 Å². The largest absolute Gasteiger partial charge is 0.444 e. The van der Waals surface area contributed by atoms with E-state index in [2.05, 4.69) is 5.32 Å². The molecule has 0 fully saturated rings. The van der Waals surface area contributed by atoms with E-state index in [0.29, 0.717) is 17.7 Å². The lowest BCUT2D eigenvalue weighted by Crippen LogP contribution is -2.54. The van der Waals surface area contributed by atoms with Gasteiger partial charge in [-0.1, -0.05) is 36.4 Å². The molecule has 1 aliphatic rings. The molecule has 0 aromatic heterocycles. The molecule has 0 unspecified atom stereocenters. The third-order valence-electron chi connectivity index (χ3n) is 5.32. The Bertz CT molecular complexity index is 1010. The smallest absolute Gasteiger partial charge is 0.408 e. The second-order valence-electron chi connectivity index (χ2n) is 9.24. The molecule has 0 saturated heterocycles. The number of hydrogen-bond donors (Lipinski definition) is 1. The predicted octanol–water partition coefficient (Wildman–Crippen LogP) is 3.93. The van der Waals surface area contributed by atoms with Crippen molar-refractivity contribution in [1.82, 2.24) is 10.2 Å². The molecule has 3 amide bonds. The minimum Gasteiger partial charge on any atom is -0.444 e. The molecule has 32 heavy (non-hydrogen) atoms. The van der Waals surface area contributed by atoms with Gasteiger partial charge in [-0.05, 0) is 51.0 Å². The van der Waals surface area contributed by atoms with Crippen LogP contribution in [0.1, 0.15) is 55.2 Å². The van der Waals surface area contributed by atoms with Gasteiger partial charge in [0, 0.05) is 31.8 Å². The Hall–Kier alpha value is -3.35. The van der Waals surface area contributed by atoms with Crippen molar-refractivity contribution < 1.29 is 19.1 Å². The first-order chi connectivity index (χ1) is 15.0. The van der Waals surface area contributed by atoms with Crippen LogP contribution in [0.2, 0.25) is 0 Å². The van der Waals surface area contributed by atoms with Crippen LogP contribution in [0.3, 0.4) is 0 Å². The fourth-order valence-corrected chi connectivity index (χ4v) is 3.79. The summed E-state index contributed by atoms with van der Waals surface area (Å²) in [5.41, 5.74) is 2.35. The fourth-order valence-electron chi connectivity index (χ4n) is 3.79. The SMILES string of the molecule is C[C@@H](c1ccccc1)N1C(=O)[C@H](NC(=O)OC(C)(C)C)Cc2ccc(C(=O)N(C)C)cc21. The van der Waals surface area contributed by atoms with Crippen molar-refractivity contribution in [2.45, 2.75) is 51.8 Å². The van der Waals surface area contributed by atoms with Crippen molar-refractivity contribution in [3.05, 3.63) is 65.2 Å². The summed E-state index contributed by atoms with van der Waals surface area (Å²) in [6, 6.07) is 14.0. The summed E-state index contributed by atoms with van der Waals surface area (Å²) in [5, 5.41) is 2.73. The number of fused-ring (bicyclic) bond motifs is 1. The summed E-state index contributed by atoms with van der Waals surface area (Å²) in [5.74, 6) is -0.379. The van der Waals surface area contributed by atoms with Gasteiger partial charge in [0.25, 0.3) is 11.8 Å². The van der Waals surface area contributed by atoms with Crippen LogP contribution < -0.4 is 10.2 Å². The zero-order valence-electron chi connectivity index (χ0n) is 19.5. The zero-order valence-corrected chi connectivity index (χ0v) is 19.5. The van der Waals surface area contributed by atoms with Gasteiger partial charge in [0.2, 0.25) is 0 Å². The molecule has 1 heterocycles. The fraction of sp³-hybridized carbons (Fsp3) is 0.400. The van der Waals surface area contributed by atoms with Gasteiger partial charge < -0.3 is 19.9 Å². The average Bonchev–Trinajstić information content (AvgIpc) is 2.72. The highest BCUT2D eigenvalue weighted by molar-refractivity contribution is 6.04. The molecule has 7 nitrogen and oxygen atoms in total. The van der Waals surface area contributed by atoms with E-state index in [4.69, 9.17) is 4.74 Å². The van der Waals surface area contributed by atoms with Crippen LogP contribution in [-0.2, 0) is 16.0 Å². The maximum atomic E-state index is 13.6. The minimum atomic E-state index is -0.765. The number of carbonyl (C=O) groups is 3. The Morgan fingerprint density at radius 2 is 1.78 bits per heavy atom. The number of benzene rings is 2. The minimum absolute atomic E-state index is 0.137. The molecular formula is C25H31N3O4. The highest BCUT2D eigenvalue weighted by Gasteiger charge is 2.38. The maximum absolute atomic E-state index is 13.6. The van der Waals surface area contributed by atoms with Gasteiger partial charge in [-0.25, -0.2) is 4.79 Å². The molecule has 0 bridgehead atoms. The summed E-state index contributed by atoms with van der Waals surface area (Å²) < 4.78 is 5.36. The summed E-state index contributed by atoms with van der Waals surface area (Å²) >= 11 is 0. The number of rotatable bonds is 4. The molecule has 0 aliphatic carbocycles. The number of anilines is 1. The topological polar surface area (TPSA) is 79.0 Å². The van der Waals surface area contributed by atoms with E-state index >= 15 is 0 Å². The second kappa shape index (κ2) is 9.02. The van der Waals surface area contributed by atoms with Crippen LogP contribution >= 0.6 is 0 Å². The molecule has 170 valence electrons. The second-order valence-corrected chi connectivity index (χ2v) is 9.24. The number of nitrogens with zero attached hydrogens (tertiary/aromatic N) is 2. The van der Waals surface area contributed by atoms with Crippen LogP contribution in [0.15, 0.2) is 48.5 Å². The molecule has 0 saturated carbocycles. The summed E-state index contributed by atoms with van der Waals surface area (Å²) in [6.45, 7) is 7.26. The lowest BCUT2D eigenvalue weighted by atomic mass is 9.92. The molecule has 7 heteroatoms. The summed E-state index contributed by atoms with van der Waals surface area (Å²) in [4.78, 5) is 41.7. The van der Waals surface area contributed by atoms with Gasteiger partial charge in [0.15, 0.2) is 0 Å². The third-order valence-corrected chi connectivity index (χ3v) is 5.32. The van der Waals surface area contributed by atoms with Crippen molar-refractivity contribution >= 4 is 23.6 Å². The number of nitrogens with one attached hydrogen (secondary N) is 1. The number of ether oxygens (including phenoxy) is 1. The number of hydrogen-bond acceptors (Lipinski definition) is 4. The first-order valence-corrected chi connectivity index (χ1v) is 10.7. The van der Waals surface area contributed by atoms with Crippen molar-refractivity contribution in [1.29, 1.82) is 0 Å². The van der Waals surface area contributed by atoms with Crippen LogP contribution in [-0.4, -0.2) is 48.5 Å². The maximum Gasteiger partial charge on any atom is 0.408 e. The lowest BCUT2D eigenvalue weighted by molar-refractivity contribution is -0.121. The van der Waals surface area contributed by atoms with Gasteiger partial charge in [-0.3, -0.25) is 9.59 Å². The van der Waals surface area contributed by atoms with Crippen LogP contribution in [0, 0.1) is 0 Å². The van der Waals surface area contributed by atoms with E-state index in [1.807, 2.05) is 43.3 Å². The Labute approximate surface area is 189 Å². The van der Waals surface area contributed by atoms with Gasteiger partial charge >= 0.3 is 6.09 Å². The lowest BCUT2D eigenvalue weighted by Gasteiger charge is -2.38. The van der Waals surface area contributed by atoms with Crippen molar-refractivity contribution in [3.8, 4) is 0 Å². The van der Waals surface area contributed by atoms with E-state index in [-0.39, 0.29) is 17.9 Å². The third kappa shape index (κ3) is 5.10. The Balaban J connectivity index is 2.01. The molecule has 2 atom stereocenters. The molecule has 1 aliphatic heterocycles. The van der Waals surface area contributed by atoms with Gasteiger partial charge in [0.05, 0.1) is 6.04 Å². The molecule has 0 radical (unpaired) electrons. The summed E-state index contributed by atoms with van der Waals surface area (Å²) in [7, 11) is 3.39. The highest BCUT2D eigenvalue weighted by atomic mass is 16.6. The normalized spacial score (nSPS) is 16.8. The van der Waals surface area contributed by atoms with Crippen LogP contribution in [0.4, 0.5) is 10.5 Å². The van der Waals surface area contributed by atoms with E-state index in [1.54, 1.807) is 51.9 Å². The van der Waals surface area contributed by atoms with Gasteiger partial charge in [-0.2, -0.15) is 0 Å². The standard InChI is InChI=1S/C25H31N3O4/c1-16(17-10-8-7-9-11-17)28-21-15-19(22(29)27(5)6)13-12-18(21)14-20(23(28)30)26-24(31)32-25(2,3)4/h7-13,15-16,20H,14H2,1-6H3,(H,26,31)/t16-,20+/m0/s1. The average molecular weight is 438 g/mol. The van der Waals surface area contributed by atoms with Crippen LogP contribution in [0.5, 0.6) is 0 Å². The van der Waals surface area contributed by atoms with E-state index in [0.717, 1.165) is 11.1 Å². The molecule has 1 N–H and O–H groups in total. The molecule has 0 spiro atoms. The highest BCUT2D eigenvalue weighted by Crippen LogP contribution is 2.36. The monoisotopic (exact) mass is 437 g/mol. The van der Waals surface area contributed by atoms with E-state index < -0.39 is 17.7 Å². The number of carbonyl (C=O) groups excluding carboxylic acids is 3. The molecule has 2 aromatic rings. The predicted molar refractivity (Wildman–Crippen MR) is 124 cm³/mol. The van der Waals surface area contributed by atoms with Crippen molar-refractivity contribution in [2.75, 3.05) is 19.0 Å². The Morgan fingerprint density at radius 1 is 1.12 bits per heavy atom. The zero-order chi connectivity index (χ0) is 23.6. The number of alkyl carbamates (subject to hydrolysis) is 1. The number of amides is 3. The first kappa shape index (κ1) is 23.3. The van der Waals surface area contributed by atoms with Crippen molar-refractivity contribution in [2.24, 2.45) is 0 Å². The molecule has 3 rings (SSSR count). The van der Waals surface area contributed by atoms with Crippen LogP contribution in [0.25, 0.3) is 0 Å².